The normalized spacial score (nSPS) is 17.1. The molecule has 2 aliphatic rings. The lowest BCUT2D eigenvalue weighted by Crippen LogP contribution is -2.35. The number of hydrogen-bond acceptors (Lipinski definition) is 8. The van der Waals surface area contributed by atoms with Crippen LogP contribution in [0.2, 0.25) is 0 Å². The third-order valence-corrected chi connectivity index (χ3v) is 12.9. The topological polar surface area (TPSA) is 141 Å². The fourth-order valence-electron chi connectivity index (χ4n) is 9.57. The Morgan fingerprint density at radius 1 is 0.532 bits per heavy atom. The van der Waals surface area contributed by atoms with Crippen LogP contribution in [0, 0.1) is 13.8 Å². The van der Waals surface area contributed by atoms with Crippen molar-refractivity contribution < 1.29 is 19.8 Å². The van der Waals surface area contributed by atoms with Crippen LogP contribution in [0.15, 0.2) is 122 Å². The summed E-state index contributed by atoms with van der Waals surface area (Å²) in [6.45, 7) is 7.17. The zero-order valence-electron chi connectivity index (χ0n) is 34.6. The lowest BCUT2D eigenvalue weighted by atomic mass is 9.88. The summed E-state index contributed by atoms with van der Waals surface area (Å²) >= 11 is 0. The van der Waals surface area contributed by atoms with Crippen molar-refractivity contribution in [2.45, 2.75) is 64.7 Å². The standard InChI is InChI=1S/C50H46N8O4/c1-31-39(37-21-25-57-45(27-37)51-53-47(57)35-17-13-33(14-18-35)29-55-23-5-11-43(55)49(59)60)7-3-9-41(31)42-10-4-8-40(32(42)2)38-22-26-58-46(28-38)52-54-48(58)36-19-15-34(16-20-36)30-56-24-6-12-44(56)50(61)62/h3-4,7-10,13-22,25-28,43-44H,5-6,11-12,23-24,29-30H2,1-2H3,(H,59,60)(H,61,62)/t43-,44-/m1/s1. The molecule has 0 spiro atoms. The fourth-order valence-corrected chi connectivity index (χ4v) is 9.57. The smallest absolute Gasteiger partial charge is 0.320 e. The molecule has 2 N–H and O–H groups in total. The molecular weight excluding hydrogens is 777 g/mol. The first kappa shape index (κ1) is 39.1. The molecule has 4 aromatic carbocycles. The van der Waals surface area contributed by atoms with Crippen molar-refractivity contribution in [3.63, 3.8) is 0 Å². The summed E-state index contributed by atoms with van der Waals surface area (Å²) in [5, 5.41) is 37.4. The van der Waals surface area contributed by atoms with Crippen molar-refractivity contribution >= 4 is 23.2 Å². The first-order valence-electron chi connectivity index (χ1n) is 21.2. The molecule has 0 radical (unpaired) electrons. The number of benzene rings is 4. The highest BCUT2D eigenvalue weighted by atomic mass is 16.4. The van der Waals surface area contributed by atoms with Crippen molar-refractivity contribution in [1.29, 1.82) is 0 Å². The maximum atomic E-state index is 11.7. The highest BCUT2D eigenvalue weighted by Crippen LogP contribution is 2.38. The van der Waals surface area contributed by atoms with Crippen molar-refractivity contribution in [2.24, 2.45) is 0 Å². The number of fused-ring (bicyclic) bond motifs is 2. The lowest BCUT2D eigenvalue weighted by Gasteiger charge is -2.21. The largest absolute Gasteiger partial charge is 0.480 e. The second kappa shape index (κ2) is 16.1. The van der Waals surface area contributed by atoms with Gasteiger partial charge in [-0.2, -0.15) is 0 Å². The number of aliphatic carboxylic acids is 2. The van der Waals surface area contributed by atoms with Crippen molar-refractivity contribution in [3.05, 3.63) is 144 Å². The molecule has 2 fully saturated rings. The molecule has 310 valence electrons. The summed E-state index contributed by atoms with van der Waals surface area (Å²) in [5.41, 5.74) is 14.6. The number of carboxylic acid groups (broad SMARTS) is 2. The molecule has 0 bridgehead atoms. The molecule has 2 aliphatic heterocycles. The average Bonchev–Trinajstić information content (AvgIpc) is 4.11. The summed E-state index contributed by atoms with van der Waals surface area (Å²) in [6.07, 6.45) is 7.26. The fraction of sp³-hybridized carbons (Fsp3) is 0.240. The molecule has 2 saturated heterocycles. The van der Waals surface area contributed by atoms with E-state index in [0.29, 0.717) is 25.9 Å². The molecule has 12 nitrogen and oxygen atoms in total. The predicted octanol–water partition coefficient (Wildman–Crippen LogP) is 8.82. The minimum Gasteiger partial charge on any atom is -0.480 e. The summed E-state index contributed by atoms with van der Waals surface area (Å²) in [4.78, 5) is 27.4. The van der Waals surface area contributed by atoms with Crippen LogP contribution in [0.1, 0.15) is 47.9 Å². The third kappa shape index (κ3) is 7.20. The van der Waals surface area contributed by atoms with Crippen LogP contribution >= 0.6 is 0 Å². The summed E-state index contributed by atoms with van der Waals surface area (Å²) < 4.78 is 4.01. The van der Waals surface area contributed by atoms with Gasteiger partial charge in [0.25, 0.3) is 0 Å². The Balaban J connectivity index is 0.878. The van der Waals surface area contributed by atoms with Crippen LogP contribution in [-0.2, 0) is 22.7 Å². The SMILES string of the molecule is Cc1c(-c2ccn3c(-c4ccc(CN5CCC[C@@H]5C(=O)O)cc4)nnc3c2)cccc1-c1cccc(-c2ccn3c(-c4ccc(CN5CCC[C@@H]5C(=O)O)cc4)nnc3c2)c1C. The van der Waals surface area contributed by atoms with Crippen molar-refractivity contribution in [3.8, 4) is 56.2 Å². The summed E-state index contributed by atoms with van der Waals surface area (Å²) in [5.74, 6) is 0.00747. The molecule has 0 saturated carbocycles. The molecular formula is C50H46N8O4. The van der Waals surface area contributed by atoms with E-state index in [4.69, 9.17) is 0 Å². The number of pyridine rings is 2. The summed E-state index contributed by atoms with van der Waals surface area (Å²) in [7, 11) is 0. The number of carboxylic acids is 2. The van der Waals surface area contributed by atoms with Gasteiger partial charge in [-0.05, 0) is 133 Å². The zero-order valence-corrected chi connectivity index (χ0v) is 34.6. The van der Waals surface area contributed by atoms with E-state index in [1.807, 2.05) is 55.3 Å². The van der Waals surface area contributed by atoms with Gasteiger partial charge in [-0.15, -0.1) is 20.4 Å². The van der Waals surface area contributed by atoms with Crippen molar-refractivity contribution in [1.82, 2.24) is 39.0 Å². The van der Waals surface area contributed by atoms with Gasteiger partial charge in [-0.25, -0.2) is 0 Å². The van der Waals surface area contributed by atoms with Gasteiger partial charge in [0, 0.05) is 36.6 Å². The van der Waals surface area contributed by atoms with Gasteiger partial charge in [0.1, 0.15) is 12.1 Å². The maximum Gasteiger partial charge on any atom is 0.320 e. The Morgan fingerprint density at radius 3 is 1.34 bits per heavy atom. The van der Waals surface area contributed by atoms with E-state index in [1.54, 1.807) is 0 Å². The van der Waals surface area contributed by atoms with Crippen LogP contribution in [0.3, 0.4) is 0 Å². The second-order valence-electron chi connectivity index (χ2n) is 16.6. The lowest BCUT2D eigenvalue weighted by molar-refractivity contribution is -0.143. The van der Waals surface area contributed by atoms with Crippen LogP contribution in [-0.4, -0.2) is 86.3 Å². The van der Waals surface area contributed by atoms with Gasteiger partial charge < -0.3 is 10.2 Å². The van der Waals surface area contributed by atoms with Gasteiger partial charge >= 0.3 is 11.9 Å². The molecule has 6 heterocycles. The molecule has 0 aliphatic carbocycles. The molecule has 4 aromatic heterocycles. The van der Waals surface area contributed by atoms with Gasteiger partial charge in [0.05, 0.1) is 0 Å². The first-order chi connectivity index (χ1) is 30.2. The van der Waals surface area contributed by atoms with Crippen LogP contribution in [0.5, 0.6) is 0 Å². The molecule has 0 unspecified atom stereocenters. The number of carbonyl (C=O) groups is 2. The average molecular weight is 823 g/mol. The van der Waals surface area contributed by atoms with Crippen LogP contribution in [0.4, 0.5) is 0 Å². The monoisotopic (exact) mass is 822 g/mol. The number of rotatable bonds is 11. The Hall–Kier alpha value is -7.02. The van der Waals surface area contributed by atoms with Gasteiger partial charge in [-0.1, -0.05) is 84.9 Å². The third-order valence-electron chi connectivity index (χ3n) is 12.9. The molecule has 8 aromatic rings. The Bertz CT molecular complexity index is 2790. The first-order valence-corrected chi connectivity index (χ1v) is 21.2. The number of likely N-dealkylation sites (tertiary alicyclic amines) is 2. The van der Waals surface area contributed by atoms with E-state index < -0.39 is 24.0 Å². The minimum absolute atomic E-state index is 0.415. The van der Waals surface area contributed by atoms with E-state index in [1.165, 1.54) is 11.1 Å². The van der Waals surface area contributed by atoms with E-state index in [-0.39, 0.29) is 0 Å². The van der Waals surface area contributed by atoms with Gasteiger partial charge in [0.2, 0.25) is 0 Å². The molecule has 62 heavy (non-hydrogen) atoms. The predicted molar refractivity (Wildman–Crippen MR) is 238 cm³/mol. The second-order valence-corrected chi connectivity index (χ2v) is 16.6. The van der Waals surface area contributed by atoms with E-state index in [9.17, 15) is 19.8 Å². The number of hydrogen-bond donors (Lipinski definition) is 2. The van der Waals surface area contributed by atoms with E-state index >= 15 is 0 Å². The van der Waals surface area contributed by atoms with Crippen molar-refractivity contribution in [2.75, 3.05) is 13.1 Å². The number of nitrogens with zero attached hydrogens (tertiary/aromatic N) is 8. The molecule has 0 amide bonds. The highest BCUT2D eigenvalue weighted by molar-refractivity contribution is 5.85. The van der Waals surface area contributed by atoms with Gasteiger partial charge in [0.15, 0.2) is 22.9 Å². The van der Waals surface area contributed by atoms with E-state index in [2.05, 4.69) is 119 Å². The summed E-state index contributed by atoms with van der Waals surface area (Å²) in [6, 6.07) is 36.8. The minimum atomic E-state index is -0.748. The molecule has 12 heteroatoms. The molecule has 10 rings (SSSR count). The van der Waals surface area contributed by atoms with Crippen LogP contribution in [0.25, 0.3) is 67.5 Å². The highest BCUT2D eigenvalue weighted by Gasteiger charge is 2.31. The number of aromatic nitrogens is 6. The van der Waals surface area contributed by atoms with E-state index in [0.717, 1.165) is 105 Å². The quantitative estimate of drug-likeness (QED) is 0.130. The molecule has 2 atom stereocenters. The van der Waals surface area contributed by atoms with Gasteiger partial charge in [-0.3, -0.25) is 28.2 Å². The Kier molecular flexibility index (Phi) is 10.2. The zero-order chi connectivity index (χ0) is 42.5. The van der Waals surface area contributed by atoms with Crippen LogP contribution < -0.4 is 0 Å². The Morgan fingerprint density at radius 2 is 0.935 bits per heavy atom. The maximum absolute atomic E-state index is 11.7. The Labute approximate surface area is 358 Å².